The van der Waals surface area contributed by atoms with Crippen molar-refractivity contribution in [3.8, 4) is 5.75 Å². The summed E-state index contributed by atoms with van der Waals surface area (Å²) in [5.41, 5.74) is 0. The Morgan fingerprint density at radius 3 is 1.24 bits per heavy atom. The van der Waals surface area contributed by atoms with Crippen LogP contribution in [0, 0.1) is 0 Å². The number of esters is 1. The predicted molar refractivity (Wildman–Crippen MR) is 170 cm³/mol. The average molecular weight is 763 g/mol. The predicted octanol–water partition coefficient (Wildman–Crippen LogP) is -2.30. The molecule has 0 bridgehead atoms. The van der Waals surface area contributed by atoms with Gasteiger partial charge in [0.2, 0.25) is 0 Å². The van der Waals surface area contributed by atoms with Crippen LogP contribution < -0.4 is 93.4 Å². The Hall–Kier alpha value is 0.120. The van der Waals surface area contributed by atoms with Gasteiger partial charge in [0.1, 0.15) is 36.1 Å². The molecule has 0 aromatic heterocycles. The molecule has 0 N–H and O–H groups in total. The van der Waals surface area contributed by atoms with E-state index in [2.05, 4.69) is 6.92 Å². The Kier molecular flexibility index (Phi) is 19.8. The SMILES string of the molecule is CCCCCCCCCCCCCCCC(=O)Oc1cc(S(=O)(=O)[O-])c2ccc3c(S(=O)(=O)[O-])cc(S(=O)(=O)[O-])c4ccc1c2c43.[Na+].[Na+].[Na+]. The molecule has 0 heterocycles. The second kappa shape index (κ2) is 20.5. The van der Waals surface area contributed by atoms with E-state index >= 15 is 0 Å². The molecular weight excluding hydrogens is 726 g/mol. The van der Waals surface area contributed by atoms with Gasteiger partial charge in [-0.3, -0.25) is 4.79 Å². The normalized spacial score (nSPS) is 12.1. The summed E-state index contributed by atoms with van der Waals surface area (Å²) in [6.07, 6.45) is 14.5. The molecule has 0 unspecified atom stereocenters. The number of hydrogen-bond acceptors (Lipinski definition) is 11. The number of unbranched alkanes of at least 4 members (excludes halogenated alkanes) is 12. The van der Waals surface area contributed by atoms with Crippen molar-refractivity contribution in [3.63, 3.8) is 0 Å². The molecule has 0 spiro atoms. The minimum absolute atomic E-state index is 0. The van der Waals surface area contributed by atoms with Crippen molar-refractivity contribution < 1.29 is 137 Å². The van der Waals surface area contributed by atoms with Crippen LogP contribution in [-0.2, 0) is 35.1 Å². The first-order valence-electron chi connectivity index (χ1n) is 15.5. The van der Waals surface area contributed by atoms with Gasteiger partial charge in [-0.25, -0.2) is 25.3 Å². The first-order valence-corrected chi connectivity index (χ1v) is 19.7. The van der Waals surface area contributed by atoms with Crippen LogP contribution in [0.2, 0.25) is 0 Å². The van der Waals surface area contributed by atoms with Gasteiger partial charge in [0.15, 0.2) is 0 Å². The molecule has 0 amide bonds. The van der Waals surface area contributed by atoms with Gasteiger partial charge in [0, 0.05) is 38.7 Å². The maximum Gasteiger partial charge on any atom is 1.00 e. The Morgan fingerprint density at radius 2 is 0.857 bits per heavy atom. The van der Waals surface area contributed by atoms with Crippen LogP contribution in [-0.4, -0.2) is 44.9 Å². The van der Waals surface area contributed by atoms with E-state index in [1.165, 1.54) is 63.5 Å². The first-order chi connectivity index (χ1) is 21.6. The van der Waals surface area contributed by atoms with Crippen molar-refractivity contribution in [1.82, 2.24) is 0 Å². The molecule has 252 valence electrons. The van der Waals surface area contributed by atoms with Crippen LogP contribution in [0.5, 0.6) is 5.75 Å². The molecule has 0 saturated heterocycles. The fraction of sp³-hybridized carbons (Fsp3) is 0.469. The minimum Gasteiger partial charge on any atom is -0.744 e. The van der Waals surface area contributed by atoms with Gasteiger partial charge < -0.3 is 18.4 Å². The van der Waals surface area contributed by atoms with Gasteiger partial charge in [0.25, 0.3) is 0 Å². The summed E-state index contributed by atoms with van der Waals surface area (Å²) in [7, 11) is -15.9. The standard InChI is InChI=1S/C32H40O11S3.3Na/c1-2-3-4-5-6-7-8-9-10-11-12-13-14-15-30(33)43-26-20-27(44(34,35)36)23-18-19-25-29(46(40,41)42)21-28(45(37,38)39)24-17-16-22(26)31(23)32(24)25;;;/h16-21H,2-15H2,1H3,(H,34,35,36)(H,37,38,39)(H,40,41,42);;;/q;3*+1/p-3. The van der Waals surface area contributed by atoms with Crippen LogP contribution >= 0.6 is 0 Å². The van der Waals surface area contributed by atoms with Crippen molar-refractivity contribution >= 4 is 68.6 Å². The van der Waals surface area contributed by atoms with Gasteiger partial charge in [-0.1, -0.05) is 102 Å². The zero-order valence-corrected chi connectivity index (χ0v) is 37.0. The summed E-state index contributed by atoms with van der Waals surface area (Å²) >= 11 is 0. The average Bonchev–Trinajstić information content (AvgIpc) is 2.96. The Morgan fingerprint density at radius 1 is 0.531 bits per heavy atom. The van der Waals surface area contributed by atoms with Crippen molar-refractivity contribution in [2.24, 2.45) is 0 Å². The number of carbonyl (C=O) groups is 1. The molecule has 49 heavy (non-hydrogen) atoms. The summed E-state index contributed by atoms with van der Waals surface area (Å²) < 4.78 is 115. The van der Waals surface area contributed by atoms with E-state index in [0.29, 0.717) is 12.5 Å². The van der Waals surface area contributed by atoms with Gasteiger partial charge in [-0.2, -0.15) is 0 Å². The number of benzene rings is 4. The Bertz CT molecular complexity index is 2000. The molecular formula is C32H37Na3O11S3. The third-order valence-electron chi connectivity index (χ3n) is 8.26. The second-order valence-corrected chi connectivity index (χ2v) is 15.7. The molecule has 0 aliphatic rings. The van der Waals surface area contributed by atoms with E-state index in [-0.39, 0.29) is 133 Å². The molecule has 17 heteroatoms. The summed E-state index contributed by atoms with van der Waals surface area (Å²) in [4.78, 5) is 9.98. The zero-order valence-electron chi connectivity index (χ0n) is 28.6. The van der Waals surface area contributed by atoms with Gasteiger partial charge in [0.05, 0.1) is 14.7 Å². The third kappa shape index (κ3) is 12.3. The van der Waals surface area contributed by atoms with Gasteiger partial charge in [-0.15, -0.1) is 0 Å². The van der Waals surface area contributed by atoms with Crippen LogP contribution in [0.15, 0.2) is 51.1 Å². The van der Waals surface area contributed by atoms with E-state index in [9.17, 15) is 43.7 Å². The molecule has 0 saturated carbocycles. The fourth-order valence-electron chi connectivity index (χ4n) is 6.03. The molecule has 0 atom stereocenters. The molecule has 4 rings (SSSR count). The van der Waals surface area contributed by atoms with E-state index in [1.807, 2.05) is 0 Å². The first kappa shape index (κ1) is 47.1. The fourth-order valence-corrected chi connectivity index (χ4v) is 8.20. The minimum atomic E-state index is -5.32. The second-order valence-electron chi connectivity index (χ2n) is 11.6. The number of hydrogen-bond donors (Lipinski definition) is 0. The van der Waals surface area contributed by atoms with E-state index in [1.54, 1.807) is 0 Å². The largest absolute Gasteiger partial charge is 1.00 e. The summed E-state index contributed by atoms with van der Waals surface area (Å²) in [6, 6.07) is 5.97. The summed E-state index contributed by atoms with van der Waals surface area (Å²) in [5.74, 6) is -1.02. The molecule has 4 aromatic rings. The van der Waals surface area contributed by atoms with E-state index in [4.69, 9.17) is 4.74 Å². The van der Waals surface area contributed by atoms with Gasteiger partial charge >= 0.3 is 94.6 Å². The van der Waals surface area contributed by atoms with E-state index in [0.717, 1.165) is 43.9 Å². The van der Waals surface area contributed by atoms with Crippen molar-refractivity contribution in [3.05, 3.63) is 36.4 Å². The maximum atomic E-state index is 12.8. The Balaban J connectivity index is 0.00000400. The third-order valence-corrected chi connectivity index (χ3v) is 10.9. The monoisotopic (exact) mass is 762 g/mol. The van der Waals surface area contributed by atoms with E-state index < -0.39 is 51.0 Å². The van der Waals surface area contributed by atoms with Crippen molar-refractivity contribution in [2.75, 3.05) is 0 Å². The zero-order chi connectivity index (χ0) is 33.7. The Labute approximate surface area is 355 Å². The van der Waals surface area contributed by atoms with Crippen molar-refractivity contribution in [2.45, 2.75) is 112 Å². The van der Waals surface area contributed by atoms with Crippen molar-refractivity contribution in [1.29, 1.82) is 0 Å². The molecule has 0 fully saturated rings. The molecule has 4 aromatic carbocycles. The molecule has 0 aliphatic heterocycles. The molecule has 0 radical (unpaired) electrons. The topological polar surface area (TPSA) is 198 Å². The number of ether oxygens (including phenoxy) is 1. The number of carbonyl (C=O) groups excluding carboxylic acids is 1. The smallest absolute Gasteiger partial charge is 0.744 e. The summed E-state index contributed by atoms with van der Waals surface area (Å²) in [5, 5.41) is -1.16. The molecule has 11 nitrogen and oxygen atoms in total. The number of rotatable bonds is 18. The maximum absolute atomic E-state index is 12.8. The van der Waals surface area contributed by atoms with Crippen LogP contribution in [0.1, 0.15) is 96.8 Å². The van der Waals surface area contributed by atoms with Crippen LogP contribution in [0.3, 0.4) is 0 Å². The van der Waals surface area contributed by atoms with Gasteiger partial charge in [-0.05, 0) is 24.6 Å². The quantitative estimate of drug-likeness (QED) is 0.0264. The van der Waals surface area contributed by atoms with Crippen LogP contribution in [0.25, 0.3) is 32.3 Å². The summed E-state index contributed by atoms with van der Waals surface area (Å²) in [6.45, 7) is 2.20. The van der Waals surface area contributed by atoms with Crippen LogP contribution in [0.4, 0.5) is 0 Å². The molecule has 0 aliphatic carbocycles.